The molecule has 0 aromatic heterocycles. The van der Waals surface area contributed by atoms with E-state index >= 15 is 0 Å². The molecule has 82 valence electrons. The fourth-order valence-electron chi connectivity index (χ4n) is 1.89. The zero-order valence-corrected chi connectivity index (χ0v) is 9.12. The lowest BCUT2D eigenvalue weighted by atomic mass is 9.97. The number of halogens is 5. The summed E-state index contributed by atoms with van der Waals surface area (Å²) >= 11 is 3.15. The SMILES string of the molecule is FC(F)(F)C1(F)CCc2cc(Br)ccc21. The lowest BCUT2D eigenvalue weighted by Crippen LogP contribution is -2.35. The Morgan fingerprint density at radius 3 is 2.53 bits per heavy atom. The van der Waals surface area contributed by atoms with Gasteiger partial charge in [0.2, 0.25) is 5.67 Å². The van der Waals surface area contributed by atoms with Crippen LogP contribution in [0.25, 0.3) is 0 Å². The molecule has 0 bridgehead atoms. The smallest absolute Gasteiger partial charge is 0.229 e. The van der Waals surface area contributed by atoms with Crippen LogP contribution in [-0.4, -0.2) is 6.18 Å². The molecule has 5 heteroatoms. The summed E-state index contributed by atoms with van der Waals surface area (Å²) in [6, 6.07) is 4.19. The second-order valence-electron chi connectivity index (χ2n) is 3.60. The minimum atomic E-state index is -4.83. The highest BCUT2D eigenvalue weighted by molar-refractivity contribution is 9.10. The standard InChI is InChI=1S/C10H7BrF4/c11-7-1-2-8-6(5-7)3-4-9(8,12)10(13,14)15/h1-2,5H,3-4H2. The summed E-state index contributed by atoms with van der Waals surface area (Å²) in [5, 5.41) is 0. The van der Waals surface area contributed by atoms with Gasteiger partial charge in [0.1, 0.15) is 0 Å². The maximum absolute atomic E-state index is 13.8. The van der Waals surface area contributed by atoms with Gasteiger partial charge in [-0.05, 0) is 30.5 Å². The first-order chi connectivity index (χ1) is 6.84. The van der Waals surface area contributed by atoms with Gasteiger partial charge in [0, 0.05) is 10.0 Å². The van der Waals surface area contributed by atoms with E-state index in [2.05, 4.69) is 15.9 Å². The predicted molar refractivity (Wildman–Crippen MR) is 51.3 cm³/mol. The summed E-state index contributed by atoms with van der Waals surface area (Å²) in [6.07, 6.45) is -5.21. The van der Waals surface area contributed by atoms with Gasteiger partial charge in [0.25, 0.3) is 0 Å². The van der Waals surface area contributed by atoms with Crippen molar-refractivity contribution in [1.29, 1.82) is 0 Å². The third-order valence-corrected chi connectivity index (χ3v) is 3.18. The van der Waals surface area contributed by atoms with Crippen LogP contribution in [0.4, 0.5) is 17.6 Å². The minimum Gasteiger partial charge on any atom is -0.229 e. The fourth-order valence-corrected chi connectivity index (χ4v) is 2.30. The fraction of sp³-hybridized carbons (Fsp3) is 0.400. The van der Waals surface area contributed by atoms with Crippen molar-refractivity contribution in [2.45, 2.75) is 24.7 Å². The van der Waals surface area contributed by atoms with Gasteiger partial charge < -0.3 is 0 Å². The Kier molecular flexibility index (Phi) is 2.33. The molecule has 1 aromatic rings. The van der Waals surface area contributed by atoms with Crippen molar-refractivity contribution in [2.24, 2.45) is 0 Å². The van der Waals surface area contributed by atoms with Gasteiger partial charge in [0.15, 0.2) is 0 Å². The van der Waals surface area contributed by atoms with Crippen molar-refractivity contribution in [3.8, 4) is 0 Å². The topological polar surface area (TPSA) is 0 Å². The number of hydrogen-bond donors (Lipinski definition) is 0. The Hall–Kier alpha value is -0.580. The van der Waals surface area contributed by atoms with Crippen molar-refractivity contribution >= 4 is 15.9 Å². The Balaban J connectivity index is 2.53. The van der Waals surface area contributed by atoms with E-state index in [-0.39, 0.29) is 12.0 Å². The first-order valence-corrected chi connectivity index (χ1v) is 5.18. The van der Waals surface area contributed by atoms with Crippen LogP contribution < -0.4 is 0 Å². The minimum absolute atomic E-state index is 0.130. The van der Waals surface area contributed by atoms with Gasteiger partial charge in [0.05, 0.1) is 0 Å². The van der Waals surface area contributed by atoms with E-state index in [1.54, 1.807) is 6.07 Å². The highest BCUT2D eigenvalue weighted by Crippen LogP contribution is 2.51. The van der Waals surface area contributed by atoms with Gasteiger partial charge in [-0.2, -0.15) is 13.2 Å². The van der Waals surface area contributed by atoms with Crippen molar-refractivity contribution in [3.63, 3.8) is 0 Å². The van der Waals surface area contributed by atoms with E-state index in [1.807, 2.05) is 0 Å². The molecular weight excluding hydrogens is 276 g/mol. The Bertz CT molecular complexity index is 399. The number of benzene rings is 1. The van der Waals surface area contributed by atoms with Gasteiger partial charge in [-0.15, -0.1) is 0 Å². The van der Waals surface area contributed by atoms with Crippen LogP contribution in [0.2, 0.25) is 0 Å². The predicted octanol–water partition coefficient (Wildman–Crippen LogP) is 4.12. The van der Waals surface area contributed by atoms with Crippen molar-refractivity contribution in [1.82, 2.24) is 0 Å². The molecule has 1 unspecified atom stereocenters. The molecule has 0 heterocycles. The molecule has 0 saturated carbocycles. The quantitative estimate of drug-likeness (QED) is 0.628. The molecule has 0 saturated heterocycles. The number of hydrogen-bond acceptors (Lipinski definition) is 0. The van der Waals surface area contributed by atoms with Crippen LogP contribution in [0.3, 0.4) is 0 Å². The van der Waals surface area contributed by atoms with Crippen LogP contribution >= 0.6 is 15.9 Å². The first-order valence-electron chi connectivity index (χ1n) is 4.39. The van der Waals surface area contributed by atoms with Gasteiger partial charge >= 0.3 is 6.18 Å². The number of aryl methyl sites for hydroxylation is 1. The highest BCUT2D eigenvalue weighted by Gasteiger charge is 2.59. The molecule has 2 rings (SSSR count). The first kappa shape index (κ1) is 10.9. The monoisotopic (exact) mass is 282 g/mol. The zero-order chi connectivity index (χ0) is 11.3. The maximum Gasteiger partial charge on any atom is 0.426 e. The molecule has 0 amide bonds. The van der Waals surface area contributed by atoms with Crippen LogP contribution in [0.15, 0.2) is 22.7 Å². The average Bonchev–Trinajstić information content (AvgIpc) is 2.43. The molecule has 15 heavy (non-hydrogen) atoms. The van der Waals surface area contributed by atoms with Gasteiger partial charge in [-0.25, -0.2) is 4.39 Å². The summed E-state index contributed by atoms with van der Waals surface area (Å²) in [6.45, 7) is 0. The normalized spacial score (nSPS) is 25.4. The van der Waals surface area contributed by atoms with Crippen LogP contribution in [0.5, 0.6) is 0 Å². The van der Waals surface area contributed by atoms with E-state index in [1.165, 1.54) is 12.1 Å². The van der Waals surface area contributed by atoms with Crippen molar-refractivity contribution in [2.75, 3.05) is 0 Å². The number of rotatable bonds is 0. The molecule has 1 atom stereocenters. The van der Waals surface area contributed by atoms with Gasteiger partial charge in [-0.1, -0.05) is 22.0 Å². The third-order valence-electron chi connectivity index (χ3n) is 2.68. The van der Waals surface area contributed by atoms with E-state index in [0.717, 1.165) is 0 Å². The zero-order valence-electron chi connectivity index (χ0n) is 7.54. The molecule has 1 aromatic carbocycles. The summed E-state index contributed by atoms with van der Waals surface area (Å²) in [5.74, 6) is 0. The summed E-state index contributed by atoms with van der Waals surface area (Å²) in [7, 11) is 0. The van der Waals surface area contributed by atoms with Crippen molar-refractivity contribution in [3.05, 3.63) is 33.8 Å². The lowest BCUT2D eigenvalue weighted by molar-refractivity contribution is -0.234. The largest absolute Gasteiger partial charge is 0.426 e. The Labute approximate surface area is 92.4 Å². The van der Waals surface area contributed by atoms with Crippen LogP contribution in [0, 0.1) is 0 Å². The molecule has 0 aliphatic heterocycles. The summed E-state index contributed by atoms with van der Waals surface area (Å²) in [4.78, 5) is 0. The van der Waals surface area contributed by atoms with Crippen LogP contribution in [0.1, 0.15) is 17.5 Å². The Morgan fingerprint density at radius 2 is 1.93 bits per heavy atom. The van der Waals surface area contributed by atoms with Crippen molar-refractivity contribution < 1.29 is 17.6 Å². The lowest BCUT2D eigenvalue weighted by Gasteiger charge is -2.23. The second kappa shape index (κ2) is 3.20. The molecule has 0 spiro atoms. The maximum atomic E-state index is 13.8. The molecule has 0 nitrogen and oxygen atoms in total. The molecule has 1 aliphatic carbocycles. The van der Waals surface area contributed by atoms with Gasteiger partial charge in [-0.3, -0.25) is 0 Å². The molecule has 0 radical (unpaired) electrons. The molecular formula is C10H7BrF4. The van der Waals surface area contributed by atoms with E-state index in [0.29, 0.717) is 10.0 Å². The second-order valence-corrected chi connectivity index (χ2v) is 4.52. The summed E-state index contributed by atoms with van der Waals surface area (Å²) < 4.78 is 52.1. The number of fused-ring (bicyclic) bond motifs is 1. The summed E-state index contributed by atoms with van der Waals surface area (Å²) in [5.41, 5.74) is -2.97. The Morgan fingerprint density at radius 1 is 1.27 bits per heavy atom. The molecule has 0 N–H and O–H groups in total. The highest BCUT2D eigenvalue weighted by atomic mass is 79.9. The molecule has 0 fully saturated rings. The van der Waals surface area contributed by atoms with E-state index in [9.17, 15) is 17.6 Å². The molecule has 1 aliphatic rings. The van der Waals surface area contributed by atoms with E-state index in [4.69, 9.17) is 0 Å². The third kappa shape index (κ3) is 1.57. The van der Waals surface area contributed by atoms with Crippen LogP contribution in [-0.2, 0) is 12.1 Å². The average molecular weight is 283 g/mol. The van der Waals surface area contributed by atoms with E-state index < -0.39 is 18.3 Å². The number of alkyl halides is 4.